The van der Waals surface area contributed by atoms with Crippen molar-refractivity contribution in [2.24, 2.45) is 7.05 Å². The Bertz CT molecular complexity index is 1380. The lowest BCUT2D eigenvalue weighted by Crippen LogP contribution is -2.22. The molecule has 1 aromatic heterocycles. The first kappa shape index (κ1) is 23.3. The highest BCUT2D eigenvalue weighted by atomic mass is 32.2. The van der Waals surface area contributed by atoms with Gasteiger partial charge < -0.3 is 23.7 Å². The van der Waals surface area contributed by atoms with E-state index >= 15 is 0 Å². The SMILES string of the molecule is COc1ccc2c(c1)c(=O)c1c(NCCN(C)C)c(OS(C)(=O)=O)cc([N+](=O)[O-])c1n2C. The minimum Gasteiger partial charge on any atom is -0.497 e. The van der Waals surface area contributed by atoms with Crippen LogP contribution in [0.1, 0.15) is 0 Å². The van der Waals surface area contributed by atoms with Gasteiger partial charge in [0, 0.05) is 20.1 Å². The molecule has 0 saturated carbocycles. The van der Waals surface area contributed by atoms with Crippen LogP contribution in [0.4, 0.5) is 11.4 Å². The van der Waals surface area contributed by atoms with Gasteiger partial charge in [-0.05, 0) is 32.3 Å². The van der Waals surface area contributed by atoms with E-state index in [1.54, 1.807) is 19.2 Å². The Morgan fingerprint density at radius 2 is 1.94 bits per heavy atom. The maximum atomic E-state index is 13.6. The van der Waals surface area contributed by atoms with Crippen molar-refractivity contribution < 1.29 is 22.3 Å². The number of methoxy groups -OCH3 is 1. The van der Waals surface area contributed by atoms with Gasteiger partial charge in [-0.2, -0.15) is 8.42 Å². The van der Waals surface area contributed by atoms with Crippen LogP contribution in [-0.4, -0.2) is 63.4 Å². The van der Waals surface area contributed by atoms with Gasteiger partial charge in [-0.25, -0.2) is 0 Å². The van der Waals surface area contributed by atoms with Crippen molar-refractivity contribution in [3.8, 4) is 11.5 Å². The fourth-order valence-electron chi connectivity index (χ4n) is 3.51. The number of aromatic nitrogens is 1. The van der Waals surface area contributed by atoms with Crippen LogP contribution in [0.3, 0.4) is 0 Å². The average molecular weight is 465 g/mol. The lowest BCUT2D eigenvalue weighted by Gasteiger charge is -2.19. The van der Waals surface area contributed by atoms with Gasteiger partial charge in [0.1, 0.15) is 11.3 Å². The number of hydrogen-bond acceptors (Lipinski definition) is 9. The number of aryl methyl sites for hydroxylation is 1. The van der Waals surface area contributed by atoms with Gasteiger partial charge in [0.2, 0.25) is 0 Å². The molecule has 12 heteroatoms. The van der Waals surface area contributed by atoms with Gasteiger partial charge in [0.05, 0.1) is 46.3 Å². The number of hydrogen-bond donors (Lipinski definition) is 1. The van der Waals surface area contributed by atoms with Crippen LogP contribution in [0.5, 0.6) is 11.5 Å². The molecule has 0 spiro atoms. The van der Waals surface area contributed by atoms with E-state index in [-0.39, 0.29) is 27.7 Å². The quantitative estimate of drug-likeness (QED) is 0.230. The number of fused-ring (bicyclic) bond motifs is 2. The number of nitrogens with zero attached hydrogens (tertiary/aromatic N) is 3. The summed E-state index contributed by atoms with van der Waals surface area (Å²) in [5, 5.41) is 15.1. The van der Waals surface area contributed by atoms with Gasteiger partial charge in [0.15, 0.2) is 11.2 Å². The summed E-state index contributed by atoms with van der Waals surface area (Å²) < 4.78 is 35.6. The standard InChI is InChI=1S/C20H24N4O7S/c1-22(2)9-8-21-18-16(31-32(5,28)29)11-15(24(26)27)19-17(18)20(25)13-10-12(30-4)6-7-14(13)23(19)3/h6-7,10-11,21H,8-9H2,1-5H3. The fourth-order valence-corrected chi connectivity index (χ4v) is 3.97. The van der Waals surface area contributed by atoms with Crippen molar-refractivity contribution in [1.29, 1.82) is 0 Å². The number of nitrogens with one attached hydrogen (secondary N) is 1. The second kappa shape index (κ2) is 8.63. The highest BCUT2D eigenvalue weighted by molar-refractivity contribution is 7.86. The smallest absolute Gasteiger partial charge is 0.306 e. The Hall–Kier alpha value is -3.38. The predicted molar refractivity (Wildman–Crippen MR) is 122 cm³/mol. The third-order valence-corrected chi connectivity index (χ3v) is 5.40. The fraction of sp³-hybridized carbons (Fsp3) is 0.350. The molecule has 11 nitrogen and oxygen atoms in total. The third kappa shape index (κ3) is 4.46. The molecule has 0 aliphatic heterocycles. The van der Waals surface area contributed by atoms with Gasteiger partial charge >= 0.3 is 10.1 Å². The number of rotatable bonds is 8. The molecule has 0 saturated heterocycles. The Morgan fingerprint density at radius 1 is 1.25 bits per heavy atom. The maximum absolute atomic E-state index is 13.6. The summed E-state index contributed by atoms with van der Waals surface area (Å²) in [5.74, 6) is 0.124. The van der Waals surface area contributed by atoms with E-state index < -0.39 is 26.2 Å². The van der Waals surface area contributed by atoms with E-state index in [1.807, 2.05) is 19.0 Å². The molecule has 0 aliphatic carbocycles. The number of likely N-dealkylation sites (N-methyl/N-ethyl adjacent to an activating group) is 1. The summed E-state index contributed by atoms with van der Waals surface area (Å²) in [6, 6.07) is 5.85. The lowest BCUT2D eigenvalue weighted by atomic mass is 10.1. The molecule has 0 unspecified atom stereocenters. The van der Waals surface area contributed by atoms with Crippen LogP contribution in [0.2, 0.25) is 0 Å². The monoisotopic (exact) mass is 464 g/mol. The number of non-ortho nitro benzene ring substituents is 1. The number of benzene rings is 2. The van der Waals surface area contributed by atoms with E-state index in [2.05, 4.69) is 5.32 Å². The number of pyridine rings is 1. The first-order chi connectivity index (χ1) is 14.9. The van der Waals surface area contributed by atoms with Crippen LogP contribution in [0, 0.1) is 10.1 Å². The highest BCUT2D eigenvalue weighted by Gasteiger charge is 2.27. The van der Waals surface area contributed by atoms with Crippen LogP contribution in [0.25, 0.3) is 21.8 Å². The van der Waals surface area contributed by atoms with Crippen LogP contribution >= 0.6 is 0 Å². The van der Waals surface area contributed by atoms with Crippen LogP contribution < -0.4 is 19.7 Å². The van der Waals surface area contributed by atoms with Crippen molar-refractivity contribution in [3.05, 3.63) is 44.6 Å². The molecule has 0 bridgehead atoms. The molecule has 3 aromatic rings. The van der Waals surface area contributed by atoms with Gasteiger partial charge in [-0.1, -0.05) is 0 Å². The summed E-state index contributed by atoms with van der Waals surface area (Å²) in [7, 11) is 2.73. The van der Waals surface area contributed by atoms with Crippen LogP contribution in [0.15, 0.2) is 29.1 Å². The summed E-state index contributed by atoms with van der Waals surface area (Å²) in [4.78, 5) is 26.7. The number of nitro benzene ring substituents is 1. The maximum Gasteiger partial charge on any atom is 0.306 e. The summed E-state index contributed by atoms with van der Waals surface area (Å²) in [6.45, 7) is 0.887. The predicted octanol–water partition coefficient (Wildman–Crippen LogP) is 1.92. The Balaban J connectivity index is 2.51. The Labute approximate surface area is 184 Å². The summed E-state index contributed by atoms with van der Waals surface area (Å²) in [6.07, 6.45) is 0.829. The number of ether oxygens (including phenoxy) is 1. The van der Waals surface area contributed by atoms with Crippen molar-refractivity contribution in [1.82, 2.24) is 9.47 Å². The van der Waals surface area contributed by atoms with Crippen molar-refractivity contribution >= 4 is 43.3 Å². The van der Waals surface area contributed by atoms with E-state index in [9.17, 15) is 23.3 Å². The highest BCUT2D eigenvalue weighted by Crippen LogP contribution is 2.40. The average Bonchev–Trinajstić information content (AvgIpc) is 2.70. The van der Waals surface area contributed by atoms with Crippen molar-refractivity contribution in [3.63, 3.8) is 0 Å². The molecular weight excluding hydrogens is 440 g/mol. The first-order valence-electron chi connectivity index (χ1n) is 9.54. The van der Waals surface area contributed by atoms with E-state index in [1.165, 1.54) is 17.7 Å². The van der Waals surface area contributed by atoms with Gasteiger partial charge in [-0.3, -0.25) is 14.9 Å². The summed E-state index contributed by atoms with van der Waals surface area (Å²) in [5.41, 5.74) is -0.382. The Kier molecular flexibility index (Phi) is 6.28. The normalized spacial score (nSPS) is 11.8. The molecule has 2 aromatic carbocycles. The number of nitro groups is 1. The zero-order valence-corrected chi connectivity index (χ0v) is 19.1. The van der Waals surface area contributed by atoms with Gasteiger partial charge in [0.25, 0.3) is 5.69 Å². The van der Waals surface area contributed by atoms with E-state index in [4.69, 9.17) is 8.92 Å². The molecule has 0 radical (unpaired) electrons. The molecule has 172 valence electrons. The minimum absolute atomic E-state index is 0.0418. The molecule has 0 aliphatic rings. The van der Waals surface area contributed by atoms with E-state index in [0.717, 1.165) is 12.3 Å². The molecule has 1 heterocycles. The van der Waals surface area contributed by atoms with Crippen LogP contribution in [-0.2, 0) is 17.2 Å². The molecule has 0 amide bonds. The molecular formula is C20H24N4O7S. The molecule has 1 N–H and O–H groups in total. The van der Waals surface area contributed by atoms with Crippen molar-refractivity contribution in [2.75, 3.05) is 45.9 Å². The van der Waals surface area contributed by atoms with Gasteiger partial charge in [-0.15, -0.1) is 0 Å². The molecule has 0 fully saturated rings. The van der Waals surface area contributed by atoms with E-state index in [0.29, 0.717) is 24.4 Å². The largest absolute Gasteiger partial charge is 0.497 e. The third-order valence-electron chi connectivity index (χ3n) is 4.91. The molecule has 32 heavy (non-hydrogen) atoms. The molecule has 3 rings (SSSR count). The lowest BCUT2D eigenvalue weighted by molar-refractivity contribution is -0.383. The topological polar surface area (TPSA) is 133 Å². The zero-order chi connectivity index (χ0) is 23.8. The minimum atomic E-state index is -4.03. The zero-order valence-electron chi connectivity index (χ0n) is 18.3. The first-order valence-corrected chi connectivity index (χ1v) is 11.4. The second-order valence-electron chi connectivity index (χ2n) is 7.54. The summed E-state index contributed by atoms with van der Waals surface area (Å²) >= 11 is 0. The Morgan fingerprint density at radius 3 is 2.50 bits per heavy atom. The second-order valence-corrected chi connectivity index (χ2v) is 9.11. The molecule has 0 atom stereocenters. The number of anilines is 1. The van der Waals surface area contributed by atoms with Crippen molar-refractivity contribution in [2.45, 2.75) is 0 Å².